The van der Waals surface area contributed by atoms with Crippen molar-refractivity contribution in [2.75, 3.05) is 13.7 Å². The molecule has 1 aliphatic rings. The number of aromatic amines is 1. The zero-order chi connectivity index (χ0) is 16.8. The number of hydrogen-bond acceptors (Lipinski definition) is 2. The Labute approximate surface area is 158 Å². The number of halogens is 3. The van der Waals surface area contributed by atoms with Crippen LogP contribution in [0.2, 0.25) is 10.0 Å². The second-order valence-corrected chi connectivity index (χ2v) is 7.61. The van der Waals surface area contributed by atoms with Gasteiger partial charge in [0.05, 0.1) is 18.2 Å². The molecule has 2 aromatic carbocycles. The van der Waals surface area contributed by atoms with Crippen molar-refractivity contribution >= 4 is 50.0 Å². The third kappa shape index (κ3) is 2.62. The molecule has 2 N–H and O–H groups in total. The Balaban J connectivity index is 1.93. The Morgan fingerprint density at radius 3 is 2.83 bits per heavy atom. The molecule has 0 bridgehead atoms. The molecule has 3 aromatic rings. The van der Waals surface area contributed by atoms with Crippen molar-refractivity contribution in [3.63, 3.8) is 0 Å². The minimum atomic E-state index is -0.0360. The topological polar surface area (TPSA) is 37.0 Å². The molecule has 0 spiro atoms. The van der Waals surface area contributed by atoms with Crippen molar-refractivity contribution in [3.8, 4) is 5.75 Å². The van der Waals surface area contributed by atoms with Gasteiger partial charge in [-0.05, 0) is 42.3 Å². The number of methoxy groups -OCH3 is 1. The molecule has 0 fully saturated rings. The van der Waals surface area contributed by atoms with Crippen molar-refractivity contribution in [2.45, 2.75) is 12.5 Å². The first kappa shape index (κ1) is 16.3. The van der Waals surface area contributed by atoms with E-state index in [2.05, 4.69) is 38.4 Å². The molecule has 0 saturated carbocycles. The first-order valence-electron chi connectivity index (χ1n) is 7.65. The summed E-state index contributed by atoms with van der Waals surface area (Å²) in [5.74, 6) is 0.659. The lowest BCUT2D eigenvalue weighted by atomic mass is 9.94. The van der Waals surface area contributed by atoms with Crippen LogP contribution in [0.25, 0.3) is 10.9 Å². The minimum Gasteiger partial charge on any atom is -0.495 e. The molecule has 1 aliphatic heterocycles. The Bertz CT molecular complexity index is 938. The van der Waals surface area contributed by atoms with Gasteiger partial charge >= 0.3 is 0 Å². The predicted octanol–water partition coefficient (Wildman–Crippen LogP) is 5.48. The number of benzene rings is 2. The highest BCUT2D eigenvalue weighted by atomic mass is 79.9. The van der Waals surface area contributed by atoms with E-state index in [1.165, 1.54) is 10.9 Å². The van der Waals surface area contributed by atoms with E-state index in [1.807, 2.05) is 12.1 Å². The van der Waals surface area contributed by atoms with Crippen LogP contribution in [0.1, 0.15) is 22.9 Å². The van der Waals surface area contributed by atoms with Crippen LogP contribution in [0, 0.1) is 0 Å². The second-order valence-electron chi connectivity index (χ2n) is 5.85. The van der Waals surface area contributed by atoms with E-state index in [9.17, 15) is 0 Å². The first-order chi connectivity index (χ1) is 11.6. The monoisotopic (exact) mass is 424 g/mol. The fourth-order valence-corrected chi connectivity index (χ4v) is 4.42. The van der Waals surface area contributed by atoms with Gasteiger partial charge in [-0.3, -0.25) is 0 Å². The van der Waals surface area contributed by atoms with Gasteiger partial charge < -0.3 is 15.0 Å². The summed E-state index contributed by atoms with van der Waals surface area (Å²) in [4.78, 5) is 3.56. The summed E-state index contributed by atoms with van der Waals surface area (Å²) in [5, 5.41) is 5.93. The lowest BCUT2D eigenvalue weighted by molar-refractivity contribution is 0.402. The molecule has 6 heteroatoms. The fourth-order valence-electron chi connectivity index (χ4n) is 3.48. The van der Waals surface area contributed by atoms with Crippen LogP contribution < -0.4 is 10.1 Å². The SMILES string of the molecule is COc1c(Cl)cc(Cl)cc1C1NCCc2c1[nH]c1ccc(Br)cc21. The van der Waals surface area contributed by atoms with Gasteiger partial charge in [0.2, 0.25) is 0 Å². The lowest BCUT2D eigenvalue weighted by Gasteiger charge is -2.26. The van der Waals surface area contributed by atoms with Gasteiger partial charge in [0, 0.05) is 38.2 Å². The second kappa shape index (κ2) is 6.26. The van der Waals surface area contributed by atoms with E-state index in [-0.39, 0.29) is 6.04 Å². The molecule has 3 nitrogen and oxygen atoms in total. The Morgan fingerprint density at radius 1 is 1.21 bits per heavy atom. The third-order valence-electron chi connectivity index (χ3n) is 4.47. The number of fused-ring (bicyclic) bond motifs is 3. The molecule has 0 saturated heterocycles. The van der Waals surface area contributed by atoms with E-state index in [1.54, 1.807) is 13.2 Å². The summed E-state index contributed by atoms with van der Waals surface area (Å²) in [5.41, 5.74) is 4.55. The molecular formula is C18H15BrCl2N2O. The summed E-state index contributed by atoms with van der Waals surface area (Å²) < 4.78 is 6.62. The fraction of sp³-hybridized carbons (Fsp3) is 0.222. The van der Waals surface area contributed by atoms with Gasteiger partial charge in [-0.2, -0.15) is 0 Å². The molecule has 0 radical (unpaired) electrons. The van der Waals surface area contributed by atoms with E-state index in [0.717, 1.165) is 34.2 Å². The van der Waals surface area contributed by atoms with E-state index >= 15 is 0 Å². The molecular weight excluding hydrogens is 411 g/mol. The maximum absolute atomic E-state index is 6.33. The normalized spacial score (nSPS) is 17.1. The van der Waals surface area contributed by atoms with Gasteiger partial charge in [0.25, 0.3) is 0 Å². The minimum absolute atomic E-state index is 0.0360. The molecule has 4 rings (SSSR count). The summed E-state index contributed by atoms with van der Waals surface area (Å²) in [6.07, 6.45) is 0.971. The van der Waals surface area contributed by atoms with E-state index < -0.39 is 0 Å². The molecule has 0 amide bonds. The highest BCUT2D eigenvalue weighted by Gasteiger charge is 2.28. The van der Waals surface area contributed by atoms with Crippen LogP contribution >= 0.6 is 39.1 Å². The van der Waals surface area contributed by atoms with Gasteiger partial charge in [0.1, 0.15) is 5.75 Å². The Morgan fingerprint density at radius 2 is 2.04 bits per heavy atom. The molecule has 0 aliphatic carbocycles. The average molecular weight is 426 g/mol. The van der Waals surface area contributed by atoms with Crippen LogP contribution in [0.4, 0.5) is 0 Å². The largest absolute Gasteiger partial charge is 0.495 e. The van der Waals surface area contributed by atoms with Gasteiger partial charge in [-0.15, -0.1) is 0 Å². The molecule has 1 unspecified atom stereocenters. The molecule has 2 heterocycles. The third-order valence-corrected chi connectivity index (χ3v) is 5.46. The zero-order valence-electron chi connectivity index (χ0n) is 12.9. The van der Waals surface area contributed by atoms with E-state index in [0.29, 0.717) is 15.8 Å². The Kier molecular flexibility index (Phi) is 4.25. The van der Waals surface area contributed by atoms with Gasteiger partial charge in [-0.1, -0.05) is 39.1 Å². The molecule has 1 aromatic heterocycles. The molecule has 1 atom stereocenters. The highest BCUT2D eigenvalue weighted by Crippen LogP contribution is 2.41. The molecule has 24 heavy (non-hydrogen) atoms. The number of rotatable bonds is 2. The van der Waals surface area contributed by atoms with Crippen LogP contribution in [0.15, 0.2) is 34.8 Å². The van der Waals surface area contributed by atoms with Crippen molar-refractivity contribution in [1.82, 2.24) is 10.3 Å². The van der Waals surface area contributed by atoms with Gasteiger partial charge in [-0.25, -0.2) is 0 Å². The summed E-state index contributed by atoms with van der Waals surface area (Å²) in [6.45, 7) is 0.879. The number of nitrogens with one attached hydrogen (secondary N) is 2. The first-order valence-corrected chi connectivity index (χ1v) is 9.19. The standard InChI is InChI=1S/C18H15BrCl2N2O/c1-24-18-13(7-10(20)8-14(18)21)16-17-11(4-5-22-16)12-6-9(19)2-3-15(12)23-17/h2-3,6-8,16,22-23H,4-5H2,1H3. The van der Waals surface area contributed by atoms with Crippen LogP contribution in [0.3, 0.4) is 0 Å². The summed E-state index contributed by atoms with van der Waals surface area (Å²) in [7, 11) is 1.63. The highest BCUT2D eigenvalue weighted by molar-refractivity contribution is 9.10. The van der Waals surface area contributed by atoms with Crippen molar-refractivity contribution in [1.29, 1.82) is 0 Å². The maximum atomic E-state index is 6.33. The van der Waals surface area contributed by atoms with Crippen molar-refractivity contribution in [2.24, 2.45) is 0 Å². The maximum Gasteiger partial charge on any atom is 0.142 e. The molecule has 124 valence electrons. The lowest BCUT2D eigenvalue weighted by Crippen LogP contribution is -2.30. The number of ether oxygens (including phenoxy) is 1. The average Bonchev–Trinajstić information content (AvgIpc) is 2.92. The zero-order valence-corrected chi connectivity index (χ0v) is 16.0. The Hall–Kier alpha value is -1.20. The smallest absolute Gasteiger partial charge is 0.142 e. The van der Waals surface area contributed by atoms with Crippen molar-refractivity contribution < 1.29 is 4.74 Å². The number of aromatic nitrogens is 1. The predicted molar refractivity (Wildman–Crippen MR) is 103 cm³/mol. The number of hydrogen-bond donors (Lipinski definition) is 2. The number of H-pyrrole nitrogens is 1. The van der Waals surface area contributed by atoms with Crippen LogP contribution in [-0.4, -0.2) is 18.6 Å². The quantitative estimate of drug-likeness (QED) is 0.570. The van der Waals surface area contributed by atoms with Gasteiger partial charge in [0.15, 0.2) is 0 Å². The summed E-state index contributed by atoms with van der Waals surface area (Å²) in [6, 6.07) is 9.89. The van der Waals surface area contributed by atoms with Crippen LogP contribution in [0.5, 0.6) is 5.75 Å². The van der Waals surface area contributed by atoms with Crippen molar-refractivity contribution in [3.05, 3.63) is 61.7 Å². The summed E-state index contributed by atoms with van der Waals surface area (Å²) >= 11 is 16.1. The van der Waals surface area contributed by atoms with E-state index in [4.69, 9.17) is 27.9 Å². The van der Waals surface area contributed by atoms with Crippen LogP contribution in [-0.2, 0) is 6.42 Å².